The second-order valence-corrected chi connectivity index (χ2v) is 6.05. The molecule has 8 heteroatoms. The van der Waals surface area contributed by atoms with E-state index in [0.717, 1.165) is 12.8 Å². The van der Waals surface area contributed by atoms with Crippen LogP contribution in [0, 0.1) is 0 Å². The monoisotopic (exact) mass is 353 g/mol. The summed E-state index contributed by atoms with van der Waals surface area (Å²) >= 11 is 0. The van der Waals surface area contributed by atoms with Crippen LogP contribution in [0.2, 0.25) is 0 Å². The number of aromatic nitrogens is 2. The Balaban J connectivity index is 1.47. The number of carbonyl (C=O) groups excluding carboxylic acids is 3. The Bertz CT molecular complexity index is 840. The van der Waals surface area contributed by atoms with E-state index in [1.165, 1.54) is 24.5 Å². The number of fused-ring (bicyclic) bond motifs is 1. The van der Waals surface area contributed by atoms with Gasteiger partial charge in [0.05, 0.1) is 16.7 Å². The number of ether oxygens (including phenoxy) is 1. The summed E-state index contributed by atoms with van der Waals surface area (Å²) in [6.07, 6.45) is 4.36. The molecule has 8 nitrogen and oxygen atoms in total. The zero-order valence-corrected chi connectivity index (χ0v) is 13.8. The van der Waals surface area contributed by atoms with Gasteiger partial charge in [-0.2, -0.15) is 0 Å². The number of hydroxylamine groups is 2. The molecule has 0 saturated carbocycles. The molecule has 132 valence electrons. The van der Waals surface area contributed by atoms with Crippen molar-refractivity contribution in [1.82, 2.24) is 15.0 Å². The maximum atomic E-state index is 12.3. The van der Waals surface area contributed by atoms with E-state index in [9.17, 15) is 14.4 Å². The van der Waals surface area contributed by atoms with Crippen LogP contribution in [0.15, 0.2) is 36.7 Å². The molecule has 2 amide bonds. The summed E-state index contributed by atoms with van der Waals surface area (Å²) < 4.78 is 5.31. The molecule has 2 aliphatic rings. The van der Waals surface area contributed by atoms with Crippen LogP contribution in [0.5, 0.6) is 0 Å². The highest BCUT2D eigenvalue weighted by molar-refractivity contribution is 6.21. The SMILES string of the molecule is O=C(ON1C(=O)c2ccccc2C1=O)c1cnc(C2CCOCC2)nc1. The molecule has 0 unspecified atom stereocenters. The highest BCUT2D eigenvalue weighted by Crippen LogP contribution is 2.25. The molecule has 1 saturated heterocycles. The fourth-order valence-corrected chi connectivity index (χ4v) is 3.00. The maximum absolute atomic E-state index is 12.3. The molecule has 0 bridgehead atoms. The van der Waals surface area contributed by atoms with Crippen molar-refractivity contribution in [2.24, 2.45) is 0 Å². The molecule has 2 aliphatic heterocycles. The van der Waals surface area contributed by atoms with Gasteiger partial charge in [-0.1, -0.05) is 17.2 Å². The van der Waals surface area contributed by atoms with E-state index in [1.54, 1.807) is 12.1 Å². The summed E-state index contributed by atoms with van der Waals surface area (Å²) in [5, 5.41) is 0.472. The molecule has 0 N–H and O–H groups in total. The first kappa shape index (κ1) is 16.3. The third kappa shape index (κ3) is 2.84. The Kier molecular flexibility index (Phi) is 4.18. The first-order valence-corrected chi connectivity index (χ1v) is 8.25. The lowest BCUT2D eigenvalue weighted by atomic mass is 9.99. The second kappa shape index (κ2) is 6.64. The van der Waals surface area contributed by atoms with Crippen LogP contribution in [-0.2, 0) is 9.57 Å². The van der Waals surface area contributed by atoms with Crippen molar-refractivity contribution < 1.29 is 24.0 Å². The summed E-state index contributed by atoms with van der Waals surface area (Å²) in [6, 6.07) is 6.29. The van der Waals surface area contributed by atoms with Crippen molar-refractivity contribution in [3.63, 3.8) is 0 Å². The fourth-order valence-electron chi connectivity index (χ4n) is 3.00. The van der Waals surface area contributed by atoms with E-state index in [-0.39, 0.29) is 22.6 Å². The van der Waals surface area contributed by atoms with Gasteiger partial charge in [0.25, 0.3) is 11.8 Å². The summed E-state index contributed by atoms with van der Waals surface area (Å²) in [5.74, 6) is -1.36. The predicted molar refractivity (Wildman–Crippen MR) is 87.2 cm³/mol. The summed E-state index contributed by atoms with van der Waals surface area (Å²) in [7, 11) is 0. The molecule has 26 heavy (non-hydrogen) atoms. The minimum absolute atomic E-state index is 0.0670. The summed E-state index contributed by atoms with van der Waals surface area (Å²) in [4.78, 5) is 50.1. The zero-order valence-electron chi connectivity index (χ0n) is 13.8. The molecule has 2 aromatic rings. The number of hydrogen-bond acceptors (Lipinski definition) is 7. The normalized spacial score (nSPS) is 17.3. The van der Waals surface area contributed by atoms with E-state index < -0.39 is 17.8 Å². The Hall–Kier alpha value is -3.13. The smallest absolute Gasteiger partial charge is 0.367 e. The molecule has 1 aromatic carbocycles. The van der Waals surface area contributed by atoms with Crippen LogP contribution in [0.3, 0.4) is 0 Å². The molecule has 0 atom stereocenters. The number of rotatable bonds is 3. The van der Waals surface area contributed by atoms with Gasteiger partial charge in [0.1, 0.15) is 5.82 Å². The summed E-state index contributed by atoms with van der Waals surface area (Å²) in [5.41, 5.74) is 0.477. The number of benzene rings is 1. The van der Waals surface area contributed by atoms with E-state index in [4.69, 9.17) is 9.57 Å². The van der Waals surface area contributed by atoms with Gasteiger partial charge in [0.15, 0.2) is 0 Å². The first-order valence-electron chi connectivity index (χ1n) is 8.25. The highest BCUT2D eigenvalue weighted by Gasteiger charge is 2.38. The predicted octanol–water partition coefficient (Wildman–Crippen LogP) is 1.74. The van der Waals surface area contributed by atoms with Crippen molar-refractivity contribution in [3.05, 3.63) is 59.2 Å². The van der Waals surface area contributed by atoms with Crippen LogP contribution in [0.25, 0.3) is 0 Å². The number of hydrogen-bond donors (Lipinski definition) is 0. The second-order valence-electron chi connectivity index (χ2n) is 6.05. The van der Waals surface area contributed by atoms with Gasteiger partial charge in [-0.3, -0.25) is 9.59 Å². The van der Waals surface area contributed by atoms with E-state index >= 15 is 0 Å². The molecule has 0 spiro atoms. The molecular weight excluding hydrogens is 338 g/mol. The van der Waals surface area contributed by atoms with Gasteiger partial charge in [0.2, 0.25) is 0 Å². The Morgan fingerprint density at radius 2 is 1.62 bits per heavy atom. The fraction of sp³-hybridized carbons (Fsp3) is 0.278. The third-order valence-corrected chi connectivity index (χ3v) is 4.42. The van der Waals surface area contributed by atoms with Gasteiger partial charge in [-0.15, -0.1) is 0 Å². The molecule has 1 fully saturated rings. The third-order valence-electron chi connectivity index (χ3n) is 4.42. The van der Waals surface area contributed by atoms with Gasteiger partial charge in [0, 0.05) is 31.5 Å². The number of imide groups is 1. The van der Waals surface area contributed by atoms with Crippen LogP contribution in [-0.4, -0.2) is 46.0 Å². The van der Waals surface area contributed by atoms with Crippen LogP contribution in [0.4, 0.5) is 0 Å². The Morgan fingerprint density at radius 3 is 2.19 bits per heavy atom. The Labute approximate surface area is 148 Å². The van der Waals surface area contributed by atoms with E-state index in [0.29, 0.717) is 24.1 Å². The summed E-state index contributed by atoms with van der Waals surface area (Å²) in [6.45, 7) is 1.33. The molecule has 4 rings (SSSR count). The van der Waals surface area contributed by atoms with Crippen LogP contribution in [0.1, 0.15) is 55.7 Å². The van der Waals surface area contributed by atoms with Gasteiger partial charge < -0.3 is 9.57 Å². The van der Waals surface area contributed by atoms with Crippen molar-refractivity contribution >= 4 is 17.8 Å². The zero-order chi connectivity index (χ0) is 18.1. The number of amides is 2. The Morgan fingerprint density at radius 1 is 1.04 bits per heavy atom. The van der Waals surface area contributed by atoms with Crippen molar-refractivity contribution in [2.45, 2.75) is 18.8 Å². The molecule has 1 aromatic heterocycles. The minimum Gasteiger partial charge on any atom is -0.381 e. The van der Waals surface area contributed by atoms with Crippen molar-refractivity contribution in [3.8, 4) is 0 Å². The standard InChI is InChI=1S/C18H15N3O5/c22-16-13-3-1-2-4-14(13)17(23)21(16)26-18(24)12-9-19-15(20-10-12)11-5-7-25-8-6-11/h1-4,9-11H,5-8H2. The van der Waals surface area contributed by atoms with Gasteiger partial charge in [-0.05, 0) is 25.0 Å². The first-order chi connectivity index (χ1) is 12.6. The minimum atomic E-state index is -0.863. The molecule has 0 radical (unpaired) electrons. The van der Waals surface area contributed by atoms with E-state index in [2.05, 4.69) is 9.97 Å². The lowest BCUT2D eigenvalue weighted by molar-refractivity contribution is -0.0585. The largest absolute Gasteiger partial charge is 0.381 e. The quantitative estimate of drug-likeness (QED) is 0.775. The van der Waals surface area contributed by atoms with Crippen molar-refractivity contribution in [1.29, 1.82) is 0 Å². The highest BCUT2D eigenvalue weighted by atomic mass is 16.7. The van der Waals surface area contributed by atoms with Crippen LogP contribution >= 0.6 is 0 Å². The maximum Gasteiger partial charge on any atom is 0.367 e. The van der Waals surface area contributed by atoms with Gasteiger partial charge in [-0.25, -0.2) is 14.8 Å². The average Bonchev–Trinajstić information content (AvgIpc) is 2.94. The average molecular weight is 353 g/mol. The lowest BCUT2D eigenvalue weighted by Gasteiger charge is -2.20. The van der Waals surface area contributed by atoms with Crippen molar-refractivity contribution in [2.75, 3.05) is 13.2 Å². The number of carbonyl (C=O) groups is 3. The van der Waals surface area contributed by atoms with Gasteiger partial charge >= 0.3 is 5.97 Å². The lowest BCUT2D eigenvalue weighted by Crippen LogP contribution is -2.32. The van der Waals surface area contributed by atoms with E-state index in [1.807, 2.05) is 0 Å². The molecule has 3 heterocycles. The number of nitrogens with zero attached hydrogens (tertiary/aromatic N) is 3. The topological polar surface area (TPSA) is 98.7 Å². The molecular formula is C18H15N3O5. The van der Waals surface area contributed by atoms with Crippen LogP contribution < -0.4 is 0 Å². The molecule has 0 aliphatic carbocycles.